The van der Waals surface area contributed by atoms with Gasteiger partial charge in [0.05, 0.1) is 13.5 Å². The number of esters is 1. The Balaban J connectivity index is 2.36. The van der Waals surface area contributed by atoms with Gasteiger partial charge in [-0.25, -0.2) is 4.98 Å². The van der Waals surface area contributed by atoms with Crippen LogP contribution >= 0.6 is 0 Å². The van der Waals surface area contributed by atoms with Crippen molar-refractivity contribution in [2.24, 2.45) is 0 Å². The first-order valence-electron chi connectivity index (χ1n) is 6.44. The second-order valence-electron chi connectivity index (χ2n) is 5.68. The molecule has 0 aliphatic heterocycles. The van der Waals surface area contributed by atoms with Crippen LogP contribution in [0.2, 0.25) is 0 Å². The standard InChI is InChI=1S/C15H20N2O2/c1-15(2,3)12-5-8-16-14-11(12)6-9-17(14)10-7-13(18)19-4/h5-6,8-9H,7,10H2,1-4H3. The third-order valence-corrected chi connectivity index (χ3v) is 3.25. The van der Waals surface area contributed by atoms with Crippen LogP contribution in [0, 0.1) is 0 Å². The number of nitrogens with zero attached hydrogens (tertiary/aromatic N) is 2. The van der Waals surface area contributed by atoms with Crippen molar-refractivity contribution in [2.75, 3.05) is 7.11 Å². The molecule has 2 aromatic rings. The van der Waals surface area contributed by atoms with E-state index in [9.17, 15) is 4.79 Å². The number of fused-ring (bicyclic) bond motifs is 1. The highest BCUT2D eigenvalue weighted by Gasteiger charge is 2.18. The molecule has 2 heterocycles. The highest BCUT2D eigenvalue weighted by atomic mass is 16.5. The van der Waals surface area contributed by atoms with E-state index >= 15 is 0 Å². The van der Waals surface area contributed by atoms with Crippen molar-refractivity contribution in [1.29, 1.82) is 0 Å². The van der Waals surface area contributed by atoms with Gasteiger partial charge in [0.15, 0.2) is 0 Å². The van der Waals surface area contributed by atoms with Crippen LogP contribution in [0.1, 0.15) is 32.8 Å². The molecule has 19 heavy (non-hydrogen) atoms. The lowest BCUT2D eigenvalue weighted by Gasteiger charge is -2.19. The SMILES string of the molecule is COC(=O)CCn1ccc2c(C(C)(C)C)ccnc21. The summed E-state index contributed by atoms with van der Waals surface area (Å²) in [6, 6.07) is 4.13. The number of hydrogen-bond donors (Lipinski definition) is 0. The Bertz CT molecular complexity index is 594. The summed E-state index contributed by atoms with van der Waals surface area (Å²) in [5.41, 5.74) is 2.28. The molecule has 102 valence electrons. The smallest absolute Gasteiger partial charge is 0.307 e. The van der Waals surface area contributed by atoms with Crippen molar-refractivity contribution in [1.82, 2.24) is 9.55 Å². The average molecular weight is 260 g/mol. The van der Waals surface area contributed by atoms with Crippen molar-refractivity contribution in [3.8, 4) is 0 Å². The Kier molecular flexibility index (Phi) is 3.60. The maximum Gasteiger partial charge on any atom is 0.307 e. The Morgan fingerprint density at radius 2 is 2.11 bits per heavy atom. The summed E-state index contributed by atoms with van der Waals surface area (Å²) in [4.78, 5) is 15.6. The summed E-state index contributed by atoms with van der Waals surface area (Å²) in [7, 11) is 1.41. The van der Waals surface area contributed by atoms with Gasteiger partial charge in [0.25, 0.3) is 0 Å². The fourth-order valence-corrected chi connectivity index (χ4v) is 2.24. The Morgan fingerprint density at radius 3 is 2.74 bits per heavy atom. The monoisotopic (exact) mass is 260 g/mol. The van der Waals surface area contributed by atoms with Gasteiger partial charge >= 0.3 is 5.97 Å². The number of methoxy groups -OCH3 is 1. The largest absolute Gasteiger partial charge is 0.469 e. The Hall–Kier alpha value is -1.84. The molecule has 4 heteroatoms. The van der Waals surface area contributed by atoms with Crippen molar-refractivity contribution in [3.63, 3.8) is 0 Å². The molecule has 0 saturated heterocycles. The molecule has 0 bridgehead atoms. The lowest BCUT2D eigenvalue weighted by molar-refractivity contribution is -0.140. The maximum absolute atomic E-state index is 11.2. The van der Waals surface area contributed by atoms with Crippen LogP contribution in [0.4, 0.5) is 0 Å². The maximum atomic E-state index is 11.2. The summed E-state index contributed by atoms with van der Waals surface area (Å²) in [5, 5.41) is 1.15. The van der Waals surface area contributed by atoms with Crippen molar-refractivity contribution in [3.05, 3.63) is 30.1 Å². The zero-order chi connectivity index (χ0) is 14.0. The van der Waals surface area contributed by atoms with Crippen LogP contribution in [0.3, 0.4) is 0 Å². The van der Waals surface area contributed by atoms with E-state index in [0.29, 0.717) is 13.0 Å². The van der Waals surface area contributed by atoms with Gasteiger partial charge in [-0.1, -0.05) is 20.8 Å². The first-order valence-corrected chi connectivity index (χ1v) is 6.44. The Morgan fingerprint density at radius 1 is 1.37 bits per heavy atom. The van der Waals surface area contributed by atoms with Crippen molar-refractivity contribution < 1.29 is 9.53 Å². The lowest BCUT2D eigenvalue weighted by atomic mass is 9.86. The van der Waals surface area contributed by atoms with Gasteiger partial charge < -0.3 is 9.30 Å². The number of rotatable bonds is 3. The molecule has 0 aromatic carbocycles. The van der Waals surface area contributed by atoms with Crippen LogP contribution in [-0.2, 0) is 21.5 Å². The molecular weight excluding hydrogens is 240 g/mol. The second-order valence-corrected chi connectivity index (χ2v) is 5.68. The second kappa shape index (κ2) is 5.03. The fourth-order valence-electron chi connectivity index (χ4n) is 2.24. The van der Waals surface area contributed by atoms with Gasteiger partial charge in [0.2, 0.25) is 0 Å². The van der Waals surface area contributed by atoms with Gasteiger partial charge in [-0.2, -0.15) is 0 Å². The molecule has 4 nitrogen and oxygen atoms in total. The van der Waals surface area contributed by atoms with Gasteiger partial charge in [0.1, 0.15) is 5.65 Å². The zero-order valence-electron chi connectivity index (χ0n) is 11.9. The molecule has 0 unspecified atom stereocenters. The molecule has 0 aliphatic carbocycles. The normalized spacial score (nSPS) is 11.8. The van der Waals surface area contributed by atoms with Crippen LogP contribution in [0.15, 0.2) is 24.5 Å². The number of carbonyl (C=O) groups is 1. The first kappa shape index (κ1) is 13.6. The highest BCUT2D eigenvalue weighted by molar-refractivity contribution is 5.81. The number of carbonyl (C=O) groups excluding carboxylic acids is 1. The van der Waals surface area contributed by atoms with Gasteiger partial charge in [-0.15, -0.1) is 0 Å². The molecule has 0 saturated carbocycles. The van der Waals surface area contributed by atoms with Crippen molar-refractivity contribution in [2.45, 2.75) is 39.2 Å². The van der Waals surface area contributed by atoms with Crippen LogP contribution in [0.25, 0.3) is 11.0 Å². The molecule has 0 atom stereocenters. The van der Waals surface area contributed by atoms with E-state index < -0.39 is 0 Å². The quantitative estimate of drug-likeness (QED) is 0.797. The lowest BCUT2D eigenvalue weighted by Crippen LogP contribution is -2.12. The van der Waals surface area contributed by atoms with E-state index in [1.807, 2.05) is 17.0 Å². The minimum atomic E-state index is -0.200. The van der Waals surface area contributed by atoms with E-state index in [1.165, 1.54) is 12.7 Å². The zero-order valence-corrected chi connectivity index (χ0v) is 11.9. The van der Waals surface area contributed by atoms with E-state index in [-0.39, 0.29) is 11.4 Å². The number of hydrogen-bond acceptors (Lipinski definition) is 3. The topological polar surface area (TPSA) is 44.1 Å². The van der Waals surface area contributed by atoms with Crippen LogP contribution < -0.4 is 0 Å². The van der Waals surface area contributed by atoms with Crippen LogP contribution in [-0.4, -0.2) is 22.6 Å². The molecule has 0 amide bonds. The van der Waals surface area contributed by atoms with Gasteiger partial charge in [0, 0.05) is 24.3 Å². The molecule has 0 N–H and O–H groups in total. The highest BCUT2D eigenvalue weighted by Crippen LogP contribution is 2.29. The van der Waals surface area contributed by atoms with Gasteiger partial charge in [-0.3, -0.25) is 4.79 Å². The predicted molar refractivity (Wildman–Crippen MR) is 75.1 cm³/mol. The number of pyridine rings is 1. The van der Waals surface area contributed by atoms with Crippen LogP contribution in [0.5, 0.6) is 0 Å². The molecule has 0 spiro atoms. The van der Waals surface area contributed by atoms with E-state index in [2.05, 4.69) is 42.6 Å². The number of aromatic nitrogens is 2. The summed E-state index contributed by atoms with van der Waals surface area (Å²) < 4.78 is 6.67. The van der Waals surface area contributed by atoms with E-state index in [4.69, 9.17) is 0 Å². The third-order valence-electron chi connectivity index (χ3n) is 3.25. The first-order chi connectivity index (χ1) is 8.93. The molecule has 0 radical (unpaired) electrons. The molecule has 2 aromatic heterocycles. The average Bonchev–Trinajstić information content (AvgIpc) is 2.77. The molecular formula is C15H20N2O2. The summed E-state index contributed by atoms with van der Waals surface area (Å²) in [6.07, 6.45) is 4.18. The van der Waals surface area contributed by atoms with E-state index in [0.717, 1.165) is 11.0 Å². The molecule has 0 fully saturated rings. The summed E-state index contributed by atoms with van der Waals surface area (Å²) in [6.45, 7) is 7.16. The third kappa shape index (κ3) is 2.78. The van der Waals surface area contributed by atoms with Gasteiger partial charge in [-0.05, 0) is 23.1 Å². The minimum absolute atomic E-state index is 0.0791. The molecule has 2 rings (SSSR count). The van der Waals surface area contributed by atoms with Crippen molar-refractivity contribution >= 4 is 17.0 Å². The summed E-state index contributed by atoms with van der Waals surface area (Å²) >= 11 is 0. The number of ether oxygens (including phenoxy) is 1. The minimum Gasteiger partial charge on any atom is -0.469 e. The summed E-state index contributed by atoms with van der Waals surface area (Å²) in [5.74, 6) is -0.200. The Labute approximate surface area is 113 Å². The predicted octanol–water partition coefficient (Wildman–Crippen LogP) is 2.90. The molecule has 0 aliphatic rings. The van der Waals surface area contributed by atoms with E-state index in [1.54, 1.807) is 0 Å². The number of aryl methyl sites for hydroxylation is 1. The fraction of sp³-hybridized carbons (Fsp3) is 0.467.